The summed E-state index contributed by atoms with van der Waals surface area (Å²) in [6.45, 7) is 11.5. The van der Waals surface area contributed by atoms with E-state index in [-0.39, 0.29) is 6.04 Å². The van der Waals surface area contributed by atoms with Gasteiger partial charge in [-0.1, -0.05) is 57.0 Å². The topological polar surface area (TPSA) is 44.6 Å². The molecule has 1 fully saturated rings. The standard InChI is InChI=1S/C28H40ClN5O/c1-6-8-9-18-34(28-30-25(21-32(28)5)23-12-14-24(29)15-13-23)27(16-20-35)33-19-10-11-26(33)22(3)31(4)17-7-2/h12-16,20-21,26H,3,6-11,17-19H2,1-2,4-5H3/b27-16-. The van der Waals surface area contributed by atoms with E-state index in [0.29, 0.717) is 5.02 Å². The SMILES string of the molecule is C=C(C1CCCN1/C(=C/C=O)N(CCCCC)c1nc(-c2ccc(Cl)cc2)cn1C)N(C)CCC. The molecule has 1 aliphatic rings. The van der Waals surface area contributed by atoms with Gasteiger partial charge in [0.15, 0.2) is 0 Å². The number of hydrogen-bond acceptors (Lipinski definition) is 5. The molecule has 0 amide bonds. The Morgan fingerprint density at radius 1 is 1.20 bits per heavy atom. The summed E-state index contributed by atoms with van der Waals surface area (Å²) in [6.07, 6.45) is 11.1. The average molecular weight is 498 g/mol. The summed E-state index contributed by atoms with van der Waals surface area (Å²) in [6, 6.07) is 7.91. The molecule has 1 aliphatic heterocycles. The summed E-state index contributed by atoms with van der Waals surface area (Å²) in [5.41, 5.74) is 3.01. The number of unbranched alkanes of at least 4 members (excludes halogenated alkanes) is 2. The first-order chi connectivity index (χ1) is 16.9. The highest BCUT2D eigenvalue weighted by Crippen LogP contribution is 2.33. The number of halogens is 1. The molecule has 1 atom stereocenters. The molecule has 1 aromatic heterocycles. The highest BCUT2D eigenvalue weighted by molar-refractivity contribution is 6.30. The Balaban J connectivity index is 1.99. The lowest BCUT2D eigenvalue weighted by Gasteiger charge is -2.38. The van der Waals surface area contributed by atoms with E-state index < -0.39 is 0 Å². The number of carbonyl (C=O) groups is 1. The second kappa shape index (κ2) is 12.8. The molecule has 0 saturated carbocycles. The van der Waals surface area contributed by atoms with Gasteiger partial charge in [-0.05, 0) is 37.8 Å². The Bertz CT molecular complexity index is 1010. The number of rotatable bonds is 13. The summed E-state index contributed by atoms with van der Waals surface area (Å²) in [5, 5.41) is 0.704. The average Bonchev–Trinajstić information content (AvgIpc) is 3.48. The van der Waals surface area contributed by atoms with Gasteiger partial charge in [0.05, 0.1) is 11.7 Å². The van der Waals surface area contributed by atoms with E-state index in [1.165, 1.54) is 0 Å². The predicted octanol–water partition coefficient (Wildman–Crippen LogP) is 6.10. The maximum atomic E-state index is 11.9. The van der Waals surface area contributed by atoms with Crippen LogP contribution < -0.4 is 4.90 Å². The van der Waals surface area contributed by atoms with Gasteiger partial charge in [-0.2, -0.15) is 0 Å². The first kappa shape index (κ1) is 26.9. The van der Waals surface area contributed by atoms with Crippen molar-refractivity contribution < 1.29 is 4.79 Å². The Hall–Kier alpha value is -2.73. The van der Waals surface area contributed by atoms with Crippen LogP contribution >= 0.6 is 11.6 Å². The fourth-order valence-corrected chi connectivity index (χ4v) is 4.95. The number of likely N-dealkylation sites (N-methyl/N-ethyl adjacent to an activating group) is 1. The minimum absolute atomic E-state index is 0.169. The van der Waals surface area contributed by atoms with E-state index in [0.717, 1.165) is 93.2 Å². The molecule has 1 saturated heterocycles. The number of imidazole rings is 1. The lowest BCUT2D eigenvalue weighted by Crippen LogP contribution is -2.43. The van der Waals surface area contributed by atoms with Gasteiger partial charge < -0.3 is 14.4 Å². The van der Waals surface area contributed by atoms with E-state index in [4.69, 9.17) is 16.6 Å². The van der Waals surface area contributed by atoms with Crippen molar-refractivity contribution in [3.63, 3.8) is 0 Å². The van der Waals surface area contributed by atoms with E-state index in [1.807, 2.05) is 37.5 Å². The van der Waals surface area contributed by atoms with E-state index in [9.17, 15) is 4.79 Å². The number of anilines is 1. The van der Waals surface area contributed by atoms with Crippen molar-refractivity contribution in [3.05, 3.63) is 59.7 Å². The van der Waals surface area contributed by atoms with Crippen LogP contribution in [0.3, 0.4) is 0 Å². The van der Waals surface area contributed by atoms with Crippen molar-refractivity contribution in [2.75, 3.05) is 31.6 Å². The summed E-state index contributed by atoms with van der Waals surface area (Å²) < 4.78 is 2.05. The Kier molecular flexibility index (Phi) is 9.84. The second-order valence-corrected chi connectivity index (χ2v) is 9.76. The number of aryl methyl sites for hydroxylation is 1. The maximum absolute atomic E-state index is 11.9. The van der Waals surface area contributed by atoms with Gasteiger partial charge >= 0.3 is 0 Å². The van der Waals surface area contributed by atoms with Gasteiger partial charge in [-0.25, -0.2) is 4.98 Å². The number of hydrogen-bond donors (Lipinski definition) is 0. The minimum atomic E-state index is 0.169. The number of aromatic nitrogens is 2. The van der Waals surface area contributed by atoms with Crippen LogP contribution in [0, 0.1) is 0 Å². The molecule has 0 aliphatic carbocycles. The molecule has 6 nitrogen and oxygen atoms in total. The smallest absolute Gasteiger partial charge is 0.211 e. The molecule has 0 N–H and O–H groups in total. The number of likely N-dealkylation sites (tertiary alicyclic amines) is 1. The zero-order valence-electron chi connectivity index (χ0n) is 21.7. The number of carbonyl (C=O) groups excluding carboxylic acids is 1. The van der Waals surface area contributed by atoms with Gasteiger partial charge in [0.25, 0.3) is 0 Å². The van der Waals surface area contributed by atoms with E-state index in [1.54, 1.807) is 6.08 Å². The number of aldehydes is 1. The van der Waals surface area contributed by atoms with Gasteiger partial charge in [0.1, 0.15) is 12.1 Å². The quantitative estimate of drug-likeness (QED) is 0.190. The van der Waals surface area contributed by atoms with E-state index >= 15 is 0 Å². The van der Waals surface area contributed by atoms with E-state index in [2.05, 4.69) is 46.7 Å². The summed E-state index contributed by atoms with van der Waals surface area (Å²) in [5.74, 6) is 1.73. The predicted molar refractivity (Wildman–Crippen MR) is 146 cm³/mol. The molecule has 2 heterocycles. The van der Waals surface area contributed by atoms with Gasteiger partial charge in [0, 0.05) is 62.3 Å². The van der Waals surface area contributed by atoms with Crippen molar-refractivity contribution >= 4 is 23.8 Å². The molecule has 3 rings (SSSR count). The van der Waals surface area contributed by atoms with Crippen LogP contribution in [-0.2, 0) is 11.8 Å². The molecule has 7 heteroatoms. The van der Waals surface area contributed by atoms with Crippen LogP contribution in [0.1, 0.15) is 52.4 Å². The zero-order chi connectivity index (χ0) is 25.4. The third-order valence-electron chi connectivity index (χ3n) is 6.69. The summed E-state index contributed by atoms with van der Waals surface area (Å²) >= 11 is 6.10. The molecular formula is C28H40ClN5O. The van der Waals surface area contributed by atoms with Crippen molar-refractivity contribution in [3.8, 4) is 11.3 Å². The maximum Gasteiger partial charge on any atom is 0.211 e. The number of benzene rings is 1. The molecule has 1 aromatic carbocycles. The monoisotopic (exact) mass is 497 g/mol. The van der Waals surface area contributed by atoms with Gasteiger partial charge in [-0.3, -0.25) is 9.69 Å². The lowest BCUT2D eigenvalue weighted by atomic mass is 10.1. The third-order valence-corrected chi connectivity index (χ3v) is 6.95. The van der Waals surface area contributed by atoms with Crippen LogP contribution in [-0.4, -0.2) is 58.4 Å². The molecule has 0 spiro atoms. The summed E-state index contributed by atoms with van der Waals surface area (Å²) in [4.78, 5) is 23.7. The third kappa shape index (κ3) is 6.49. The first-order valence-electron chi connectivity index (χ1n) is 12.8. The molecule has 0 bridgehead atoms. The highest BCUT2D eigenvalue weighted by atomic mass is 35.5. The molecule has 2 aromatic rings. The molecular weight excluding hydrogens is 458 g/mol. The van der Waals surface area contributed by atoms with Crippen molar-refractivity contribution in [1.29, 1.82) is 0 Å². The molecule has 190 valence electrons. The fraction of sp³-hybridized carbons (Fsp3) is 0.500. The van der Waals surface area contributed by atoms with Crippen LogP contribution in [0.2, 0.25) is 5.02 Å². The molecule has 1 unspecified atom stereocenters. The van der Waals surface area contributed by atoms with Crippen LogP contribution in [0.4, 0.5) is 5.95 Å². The minimum Gasteiger partial charge on any atom is -0.377 e. The number of nitrogens with zero attached hydrogens (tertiary/aromatic N) is 5. The van der Waals surface area contributed by atoms with Crippen LogP contribution in [0.25, 0.3) is 11.3 Å². The fourth-order valence-electron chi connectivity index (χ4n) is 4.83. The van der Waals surface area contributed by atoms with Crippen LogP contribution in [0.5, 0.6) is 0 Å². The number of allylic oxidation sites excluding steroid dienone is 1. The molecule has 35 heavy (non-hydrogen) atoms. The molecule has 0 radical (unpaired) electrons. The Labute approximate surface area is 215 Å². The van der Waals surface area contributed by atoms with Crippen molar-refractivity contribution in [2.45, 2.75) is 58.4 Å². The lowest BCUT2D eigenvalue weighted by molar-refractivity contribution is -0.104. The Morgan fingerprint density at radius 3 is 2.60 bits per heavy atom. The second-order valence-electron chi connectivity index (χ2n) is 9.33. The Morgan fingerprint density at radius 2 is 1.94 bits per heavy atom. The normalized spacial score (nSPS) is 16.0. The summed E-state index contributed by atoms with van der Waals surface area (Å²) in [7, 11) is 4.13. The zero-order valence-corrected chi connectivity index (χ0v) is 22.5. The first-order valence-corrected chi connectivity index (χ1v) is 13.2. The highest BCUT2D eigenvalue weighted by Gasteiger charge is 2.33. The van der Waals surface area contributed by atoms with Crippen molar-refractivity contribution in [2.24, 2.45) is 7.05 Å². The largest absolute Gasteiger partial charge is 0.377 e. The van der Waals surface area contributed by atoms with Crippen molar-refractivity contribution in [1.82, 2.24) is 19.4 Å². The van der Waals surface area contributed by atoms with Gasteiger partial charge in [0.2, 0.25) is 5.95 Å². The van der Waals surface area contributed by atoms with Crippen LogP contribution in [0.15, 0.2) is 54.6 Å². The van der Waals surface area contributed by atoms with Gasteiger partial charge in [-0.15, -0.1) is 0 Å².